The Labute approximate surface area is 55.2 Å². The van der Waals surface area contributed by atoms with E-state index < -0.39 is 0 Å². The molecule has 0 N–H and O–H groups in total. The van der Waals surface area contributed by atoms with Crippen LogP contribution in [-0.4, -0.2) is 11.0 Å². The largest absolute Gasteiger partial charge is 0.264 e. The highest BCUT2D eigenvalue weighted by atomic mass is 16.6. The molecule has 0 fully saturated rings. The molecule has 0 aliphatic carbocycles. The van der Waals surface area contributed by atoms with Gasteiger partial charge in [0.1, 0.15) is 0 Å². The van der Waals surface area contributed by atoms with Crippen LogP contribution in [0, 0.1) is 10.1 Å². The predicted octanol–water partition coefficient (Wildman–Crippen LogP) is 1.84. The molecule has 0 aliphatic rings. The van der Waals surface area contributed by atoms with E-state index in [2.05, 4.69) is 0 Å². The van der Waals surface area contributed by atoms with Crippen molar-refractivity contribution < 1.29 is 4.92 Å². The van der Waals surface area contributed by atoms with Crippen LogP contribution in [0.15, 0.2) is 0 Å². The molecule has 0 aromatic heterocycles. The van der Waals surface area contributed by atoms with Gasteiger partial charge >= 0.3 is 0 Å². The molecule has 0 amide bonds. The molecule has 0 aromatic carbocycles. The van der Waals surface area contributed by atoms with Gasteiger partial charge in [0.2, 0.25) is 6.04 Å². The minimum Gasteiger partial charge on any atom is -0.264 e. The fraction of sp³-hybridized carbons (Fsp3) is 1.00. The molecule has 9 heavy (non-hydrogen) atoms. The summed E-state index contributed by atoms with van der Waals surface area (Å²) in [6, 6.07) is -0.310. The highest BCUT2D eigenvalue weighted by Crippen LogP contribution is 2.03. The van der Waals surface area contributed by atoms with Gasteiger partial charge in [0.05, 0.1) is 0 Å². The second-order valence-electron chi connectivity index (χ2n) is 2.14. The molecule has 0 spiro atoms. The monoisotopic (exact) mass is 131 g/mol. The predicted molar refractivity (Wildman–Crippen MR) is 36.0 cm³/mol. The lowest BCUT2D eigenvalue weighted by Gasteiger charge is -2.02. The Bertz CT molecular complexity index is 93.1. The second kappa shape index (κ2) is 4.30. The molecule has 3 nitrogen and oxygen atoms in total. The number of hydrogen-bond donors (Lipinski definition) is 0. The number of nitro groups is 1. The van der Waals surface area contributed by atoms with Crippen LogP contribution in [0.4, 0.5) is 0 Å². The van der Waals surface area contributed by atoms with Crippen LogP contribution in [0.1, 0.15) is 33.1 Å². The fourth-order valence-electron chi connectivity index (χ4n) is 0.792. The summed E-state index contributed by atoms with van der Waals surface area (Å²) in [5, 5.41) is 10.1. The van der Waals surface area contributed by atoms with Gasteiger partial charge in [0.25, 0.3) is 0 Å². The van der Waals surface area contributed by atoms with E-state index in [9.17, 15) is 10.1 Å². The van der Waals surface area contributed by atoms with Crippen molar-refractivity contribution >= 4 is 0 Å². The van der Waals surface area contributed by atoms with E-state index in [0.29, 0.717) is 12.8 Å². The normalized spacial score (nSPS) is 13.1. The van der Waals surface area contributed by atoms with Gasteiger partial charge in [-0.3, -0.25) is 10.1 Å². The van der Waals surface area contributed by atoms with Crippen LogP contribution in [-0.2, 0) is 0 Å². The Balaban J connectivity index is 3.54. The average molecular weight is 131 g/mol. The third kappa shape index (κ3) is 3.06. The highest BCUT2D eigenvalue weighted by Gasteiger charge is 2.14. The zero-order chi connectivity index (χ0) is 7.28. The van der Waals surface area contributed by atoms with Crippen molar-refractivity contribution in [3.8, 4) is 0 Å². The van der Waals surface area contributed by atoms with Gasteiger partial charge in [-0.1, -0.05) is 13.8 Å². The summed E-state index contributed by atoms with van der Waals surface area (Å²) in [5.74, 6) is 0. The van der Waals surface area contributed by atoms with E-state index in [1.54, 1.807) is 0 Å². The third-order valence-corrected chi connectivity index (χ3v) is 1.39. The lowest BCUT2D eigenvalue weighted by atomic mass is 10.1. The number of nitrogens with zero attached hydrogens (tertiary/aromatic N) is 1. The van der Waals surface area contributed by atoms with E-state index in [1.807, 2.05) is 13.8 Å². The maximum atomic E-state index is 10.1. The van der Waals surface area contributed by atoms with Crippen molar-refractivity contribution in [3.63, 3.8) is 0 Å². The van der Waals surface area contributed by atoms with Crippen LogP contribution in [0.5, 0.6) is 0 Å². The Morgan fingerprint density at radius 2 is 2.11 bits per heavy atom. The minimum absolute atomic E-state index is 0.191. The van der Waals surface area contributed by atoms with Gasteiger partial charge in [0, 0.05) is 17.8 Å². The van der Waals surface area contributed by atoms with Crippen molar-refractivity contribution in [3.05, 3.63) is 10.1 Å². The molecule has 1 atom stereocenters. The van der Waals surface area contributed by atoms with Crippen LogP contribution in [0.2, 0.25) is 0 Å². The zero-order valence-electron chi connectivity index (χ0n) is 5.96. The summed E-state index contributed by atoms with van der Waals surface area (Å²) >= 11 is 0. The molecule has 0 heterocycles. The summed E-state index contributed by atoms with van der Waals surface area (Å²) < 4.78 is 0. The summed E-state index contributed by atoms with van der Waals surface area (Å²) in [6.45, 7) is 3.81. The fourth-order valence-corrected chi connectivity index (χ4v) is 0.792. The molecule has 0 saturated heterocycles. The van der Waals surface area contributed by atoms with Crippen molar-refractivity contribution in [2.75, 3.05) is 0 Å². The molecule has 0 radical (unpaired) electrons. The SMILES string of the molecule is CCC[C@H](CC)[N+](=O)[O-]. The number of rotatable bonds is 4. The van der Waals surface area contributed by atoms with Gasteiger partial charge in [-0.15, -0.1) is 0 Å². The Kier molecular flexibility index (Phi) is 4.01. The topological polar surface area (TPSA) is 43.1 Å². The summed E-state index contributed by atoms with van der Waals surface area (Å²) in [7, 11) is 0. The molecule has 0 aromatic rings. The summed E-state index contributed by atoms with van der Waals surface area (Å²) in [5.41, 5.74) is 0. The van der Waals surface area contributed by atoms with Gasteiger partial charge in [-0.2, -0.15) is 0 Å². The molecule has 0 unspecified atom stereocenters. The van der Waals surface area contributed by atoms with Crippen molar-refractivity contribution in [2.24, 2.45) is 0 Å². The zero-order valence-corrected chi connectivity index (χ0v) is 5.96. The quantitative estimate of drug-likeness (QED) is 0.431. The smallest absolute Gasteiger partial charge is 0.212 e. The van der Waals surface area contributed by atoms with Gasteiger partial charge in [-0.25, -0.2) is 0 Å². The first-order valence-corrected chi connectivity index (χ1v) is 3.35. The first kappa shape index (κ1) is 8.40. The first-order valence-electron chi connectivity index (χ1n) is 3.35. The van der Waals surface area contributed by atoms with E-state index in [1.165, 1.54) is 0 Å². The van der Waals surface area contributed by atoms with Gasteiger partial charge in [0.15, 0.2) is 0 Å². The molecule has 3 heteroatoms. The molecule has 0 rings (SSSR count). The standard InChI is InChI=1S/C6H13NO2/c1-3-5-6(4-2)7(8)9/h6H,3-5H2,1-2H3/t6-/m0/s1. The van der Waals surface area contributed by atoms with Crippen LogP contribution < -0.4 is 0 Å². The minimum atomic E-state index is -0.310. The van der Waals surface area contributed by atoms with Crippen molar-refractivity contribution in [1.29, 1.82) is 0 Å². The Morgan fingerprint density at radius 1 is 1.56 bits per heavy atom. The Hall–Kier alpha value is -0.600. The maximum absolute atomic E-state index is 10.1. The molecule has 0 bridgehead atoms. The molecule has 54 valence electrons. The molecular formula is C6H13NO2. The molecule has 0 saturated carbocycles. The van der Waals surface area contributed by atoms with E-state index >= 15 is 0 Å². The average Bonchev–Trinajstić information content (AvgIpc) is 1.82. The molecule has 0 aliphatic heterocycles. The Morgan fingerprint density at radius 3 is 2.22 bits per heavy atom. The lowest BCUT2D eigenvalue weighted by Crippen LogP contribution is -2.17. The lowest BCUT2D eigenvalue weighted by molar-refractivity contribution is -0.523. The number of hydrogen-bond acceptors (Lipinski definition) is 2. The third-order valence-electron chi connectivity index (χ3n) is 1.39. The van der Waals surface area contributed by atoms with Crippen LogP contribution >= 0.6 is 0 Å². The van der Waals surface area contributed by atoms with Gasteiger partial charge < -0.3 is 0 Å². The summed E-state index contributed by atoms with van der Waals surface area (Å²) in [4.78, 5) is 9.94. The van der Waals surface area contributed by atoms with Crippen LogP contribution in [0.3, 0.4) is 0 Å². The highest BCUT2D eigenvalue weighted by molar-refractivity contribution is 4.50. The molecular weight excluding hydrogens is 118 g/mol. The first-order chi connectivity index (χ1) is 4.22. The van der Waals surface area contributed by atoms with Crippen LogP contribution in [0.25, 0.3) is 0 Å². The van der Waals surface area contributed by atoms with E-state index in [0.717, 1.165) is 6.42 Å². The maximum Gasteiger partial charge on any atom is 0.212 e. The second-order valence-corrected chi connectivity index (χ2v) is 2.14. The van der Waals surface area contributed by atoms with E-state index in [-0.39, 0.29) is 11.0 Å². The van der Waals surface area contributed by atoms with Gasteiger partial charge in [-0.05, 0) is 6.42 Å². The van der Waals surface area contributed by atoms with E-state index in [4.69, 9.17) is 0 Å². The van der Waals surface area contributed by atoms with Crippen molar-refractivity contribution in [2.45, 2.75) is 39.2 Å². The van der Waals surface area contributed by atoms with Crippen molar-refractivity contribution in [1.82, 2.24) is 0 Å². The summed E-state index contributed by atoms with van der Waals surface area (Å²) in [6.07, 6.45) is 2.27.